The molecule has 1 N–H and O–H groups in total. The van der Waals surface area contributed by atoms with Crippen LogP contribution in [0.5, 0.6) is 0 Å². The summed E-state index contributed by atoms with van der Waals surface area (Å²) in [5, 5.41) is 9.05. The second-order valence-electron chi connectivity index (χ2n) is 4.26. The Balaban J connectivity index is 2.20. The Morgan fingerprint density at radius 1 is 1.11 bits per heavy atom. The van der Waals surface area contributed by atoms with E-state index in [1.54, 1.807) is 6.07 Å². The SMILES string of the molecule is Cc1ccc(-c2nc3c(C#N)cccc3[nH]2)cc1. The van der Waals surface area contributed by atoms with Gasteiger partial charge in [-0.25, -0.2) is 4.98 Å². The molecule has 0 amide bonds. The van der Waals surface area contributed by atoms with Gasteiger partial charge in [0.2, 0.25) is 0 Å². The van der Waals surface area contributed by atoms with Crippen LogP contribution in [-0.4, -0.2) is 9.97 Å². The van der Waals surface area contributed by atoms with E-state index >= 15 is 0 Å². The molecule has 3 rings (SSSR count). The highest BCUT2D eigenvalue weighted by Gasteiger charge is 2.08. The fourth-order valence-corrected chi connectivity index (χ4v) is 1.97. The average Bonchev–Trinajstić information content (AvgIpc) is 2.83. The third kappa shape index (κ3) is 1.64. The zero-order valence-electron chi connectivity index (χ0n) is 9.94. The van der Waals surface area contributed by atoms with E-state index in [2.05, 4.69) is 23.0 Å². The number of benzene rings is 2. The molecule has 0 spiro atoms. The molecule has 1 aromatic heterocycles. The van der Waals surface area contributed by atoms with Gasteiger partial charge in [-0.2, -0.15) is 5.26 Å². The second kappa shape index (κ2) is 4.01. The highest BCUT2D eigenvalue weighted by Crippen LogP contribution is 2.22. The van der Waals surface area contributed by atoms with Gasteiger partial charge in [-0.15, -0.1) is 0 Å². The molecule has 18 heavy (non-hydrogen) atoms. The van der Waals surface area contributed by atoms with Gasteiger partial charge in [0.15, 0.2) is 0 Å². The number of nitrogens with one attached hydrogen (secondary N) is 1. The van der Waals surface area contributed by atoms with Crippen molar-refractivity contribution >= 4 is 11.0 Å². The van der Waals surface area contributed by atoms with Gasteiger partial charge in [-0.1, -0.05) is 35.9 Å². The number of aryl methyl sites for hydroxylation is 1. The molecule has 0 saturated carbocycles. The van der Waals surface area contributed by atoms with Crippen LogP contribution < -0.4 is 0 Å². The first-order chi connectivity index (χ1) is 8.78. The maximum absolute atomic E-state index is 9.05. The maximum atomic E-state index is 9.05. The first kappa shape index (κ1) is 10.5. The van der Waals surface area contributed by atoms with Gasteiger partial charge in [0.25, 0.3) is 0 Å². The molecule has 0 unspecified atom stereocenters. The van der Waals surface area contributed by atoms with E-state index < -0.39 is 0 Å². The number of hydrogen-bond donors (Lipinski definition) is 1. The zero-order valence-corrected chi connectivity index (χ0v) is 9.94. The lowest BCUT2D eigenvalue weighted by Gasteiger charge is -1.96. The standard InChI is InChI=1S/C15H11N3/c1-10-5-7-11(8-6-10)15-17-13-4-2-3-12(9-16)14(13)18-15/h2-8H,1H3,(H,17,18). The molecule has 3 heteroatoms. The second-order valence-corrected chi connectivity index (χ2v) is 4.26. The van der Waals surface area contributed by atoms with Crippen molar-refractivity contribution in [2.45, 2.75) is 6.92 Å². The Labute approximate surface area is 105 Å². The lowest BCUT2D eigenvalue weighted by atomic mass is 10.1. The van der Waals surface area contributed by atoms with Crippen LogP contribution in [-0.2, 0) is 0 Å². The normalized spacial score (nSPS) is 10.4. The topological polar surface area (TPSA) is 52.5 Å². The van der Waals surface area contributed by atoms with Gasteiger partial charge < -0.3 is 4.98 Å². The van der Waals surface area contributed by atoms with E-state index in [4.69, 9.17) is 5.26 Å². The summed E-state index contributed by atoms with van der Waals surface area (Å²) in [6.45, 7) is 2.05. The van der Waals surface area contributed by atoms with Crippen molar-refractivity contribution in [2.24, 2.45) is 0 Å². The van der Waals surface area contributed by atoms with Gasteiger partial charge >= 0.3 is 0 Å². The van der Waals surface area contributed by atoms with E-state index in [9.17, 15) is 0 Å². The smallest absolute Gasteiger partial charge is 0.138 e. The number of para-hydroxylation sites is 1. The van der Waals surface area contributed by atoms with Gasteiger partial charge in [-0.3, -0.25) is 0 Å². The molecule has 3 nitrogen and oxygen atoms in total. The zero-order chi connectivity index (χ0) is 12.5. The minimum Gasteiger partial charge on any atom is -0.338 e. The predicted molar refractivity (Wildman–Crippen MR) is 71.0 cm³/mol. The van der Waals surface area contributed by atoms with E-state index in [1.165, 1.54) is 5.56 Å². The Kier molecular flexibility index (Phi) is 2.35. The Morgan fingerprint density at radius 2 is 1.89 bits per heavy atom. The van der Waals surface area contributed by atoms with Gasteiger partial charge in [0.1, 0.15) is 17.4 Å². The van der Waals surface area contributed by atoms with Crippen LogP contribution in [0.4, 0.5) is 0 Å². The van der Waals surface area contributed by atoms with Crippen LogP contribution in [0.2, 0.25) is 0 Å². The van der Waals surface area contributed by atoms with Crippen molar-refractivity contribution in [1.82, 2.24) is 9.97 Å². The summed E-state index contributed by atoms with van der Waals surface area (Å²) in [5.74, 6) is 0.799. The molecule has 2 aromatic carbocycles. The highest BCUT2D eigenvalue weighted by atomic mass is 14.9. The molecule has 0 saturated heterocycles. The highest BCUT2D eigenvalue weighted by molar-refractivity contribution is 5.84. The first-order valence-electron chi connectivity index (χ1n) is 5.74. The average molecular weight is 233 g/mol. The number of H-pyrrole nitrogens is 1. The van der Waals surface area contributed by atoms with Gasteiger partial charge in [0.05, 0.1) is 11.1 Å². The number of nitriles is 1. The number of aromatic nitrogens is 2. The van der Waals surface area contributed by atoms with Crippen LogP contribution in [0.1, 0.15) is 11.1 Å². The van der Waals surface area contributed by atoms with Crippen LogP contribution >= 0.6 is 0 Å². The molecule has 0 atom stereocenters. The number of nitrogens with zero attached hydrogens (tertiary/aromatic N) is 2. The molecule has 0 aliphatic heterocycles. The molecular weight excluding hydrogens is 222 g/mol. The quantitative estimate of drug-likeness (QED) is 0.700. The first-order valence-corrected chi connectivity index (χ1v) is 5.74. The molecule has 86 valence electrons. The van der Waals surface area contributed by atoms with Crippen LogP contribution in [0.3, 0.4) is 0 Å². The molecule has 0 radical (unpaired) electrons. The lowest BCUT2D eigenvalue weighted by Crippen LogP contribution is -1.80. The molecule has 0 aliphatic carbocycles. The molecule has 1 heterocycles. The summed E-state index contributed by atoms with van der Waals surface area (Å²) < 4.78 is 0. The molecular formula is C15H11N3. The predicted octanol–water partition coefficient (Wildman–Crippen LogP) is 3.41. The summed E-state index contributed by atoms with van der Waals surface area (Å²) in [6.07, 6.45) is 0. The van der Waals surface area contributed by atoms with Crippen molar-refractivity contribution in [3.63, 3.8) is 0 Å². The summed E-state index contributed by atoms with van der Waals surface area (Å²) in [5.41, 5.74) is 4.47. The Hall–Kier alpha value is -2.60. The number of rotatable bonds is 1. The van der Waals surface area contributed by atoms with Crippen LogP contribution in [0, 0.1) is 18.3 Å². The van der Waals surface area contributed by atoms with Crippen LogP contribution in [0.15, 0.2) is 42.5 Å². The van der Waals surface area contributed by atoms with Gasteiger partial charge in [-0.05, 0) is 19.1 Å². The Bertz CT molecular complexity index is 745. The van der Waals surface area contributed by atoms with Crippen molar-refractivity contribution in [1.29, 1.82) is 5.26 Å². The summed E-state index contributed by atoms with van der Waals surface area (Å²) in [6, 6.07) is 15.9. The maximum Gasteiger partial charge on any atom is 0.138 e. The fourth-order valence-electron chi connectivity index (χ4n) is 1.97. The third-order valence-electron chi connectivity index (χ3n) is 2.96. The van der Waals surface area contributed by atoms with E-state index in [-0.39, 0.29) is 0 Å². The van der Waals surface area contributed by atoms with Crippen molar-refractivity contribution < 1.29 is 0 Å². The third-order valence-corrected chi connectivity index (χ3v) is 2.96. The number of hydrogen-bond acceptors (Lipinski definition) is 2. The van der Waals surface area contributed by atoms with Crippen LogP contribution in [0.25, 0.3) is 22.4 Å². The van der Waals surface area contributed by atoms with E-state index in [0.29, 0.717) is 5.56 Å². The van der Waals surface area contributed by atoms with Gasteiger partial charge in [0, 0.05) is 5.56 Å². The summed E-state index contributed by atoms with van der Waals surface area (Å²) in [4.78, 5) is 7.75. The van der Waals surface area contributed by atoms with Crippen molar-refractivity contribution in [2.75, 3.05) is 0 Å². The molecule has 0 bridgehead atoms. The Morgan fingerprint density at radius 3 is 2.61 bits per heavy atom. The number of aromatic amines is 1. The molecule has 0 fully saturated rings. The van der Waals surface area contributed by atoms with Crippen molar-refractivity contribution in [3.05, 3.63) is 53.6 Å². The van der Waals surface area contributed by atoms with E-state index in [0.717, 1.165) is 22.4 Å². The molecule has 0 aliphatic rings. The van der Waals surface area contributed by atoms with E-state index in [1.807, 2.05) is 36.4 Å². The minimum absolute atomic E-state index is 0.599. The molecule has 3 aromatic rings. The monoisotopic (exact) mass is 233 g/mol. The fraction of sp³-hybridized carbons (Fsp3) is 0.0667. The summed E-state index contributed by atoms with van der Waals surface area (Å²) in [7, 11) is 0. The number of fused-ring (bicyclic) bond motifs is 1. The summed E-state index contributed by atoms with van der Waals surface area (Å²) >= 11 is 0. The largest absolute Gasteiger partial charge is 0.338 e. The lowest BCUT2D eigenvalue weighted by molar-refractivity contribution is 1.33. The minimum atomic E-state index is 0.599. The number of imidazole rings is 1. The van der Waals surface area contributed by atoms with Crippen molar-refractivity contribution in [3.8, 4) is 17.5 Å².